The molecule has 0 spiro atoms. The Morgan fingerprint density at radius 1 is 1.56 bits per heavy atom. The predicted octanol–water partition coefficient (Wildman–Crippen LogP) is 0.326. The molecule has 4 nitrogen and oxygen atoms in total. The monoisotopic (exact) mass is 225 g/mol. The first-order valence-corrected chi connectivity index (χ1v) is 6.43. The van der Waals surface area contributed by atoms with Crippen LogP contribution >= 0.6 is 0 Å². The first-order valence-electron chi connectivity index (χ1n) is 6.43. The van der Waals surface area contributed by atoms with Gasteiger partial charge in [-0.3, -0.25) is 4.79 Å². The van der Waals surface area contributed by atoms with Gasteiger partial charge in [-0.2, -0.15) is 0 Å². The van der Waals surface area contributed by atoms with Crippen LogP contribution in [0.1, 0.15) is 32.6 Å². The molecule has 3 N–H and O–H groups in total. The van der Waals surface area contributed by atoms with Gasteiger partial charge in [0.1, 0.15) is 0 Å². The van der Waals surface area contributed by atoms with Crippen molar-refractivity contribution in [1.82, 2.24) is 10.2 Å². The number of nitrogens with two attached hydrogens (primary N) is 1. The van der Waals surface area contributed by atoms with Gasteiger partial charge in [-0.15, -0.1) is 0 Å². The Balaban J connectivity index is 1.83. The van der Waals surface area contributed by atoms with Gasteiger partial charge < -0.3 is 16.0 Å². The molecule has 1 saturated carbocycles. The molecule has 0 aromatic carbocycles. The van der Waals surface area contributed by atoms with Crippen molar-refractivity contribution in [2.45, 2.75) is 38.6 Å². The number of rotatable bonds is 4. The Kier molecular flexibility index (Phi) is 3.50. The standard InChI is InChI=1S/C12H23N3O/c1-2-15-7-3-4-10(8-15)14-11(16)12(9-13)5-6-12/h10H,2-9,13H2,1H3,(H,14,16). The van der Waals surface area contributed by atoms with Crippen molar-refractivity contribution in [3.05, 3.63) is 0 Å². The molecule has 1 aliphatic carbocycles. The molecule has 2 fully saturated rings. The number of nitrogens with zero attached hydrogens (tertiary/aromatic N) is 1. The van der Waals surface area contributed by atoms with Crippen molar-refractivity contribution >= 4 is 5.91 Å². The highest BCUT2D eigenvalue weighted by atomic mass is 16.2. The second-order valence-electron chi connectivity index (χ2n) is 5.19. The van der Waals surface area contributed by atoms with Gasteiger partial charge in [-0.1, -0.05) is 6.92 Å². The van der Waals surface area contributed by atoms with Crippen LogP contribution in [0.2, 0.25) is 0 Å². The SMILES string of the molecule is CCN1CCCC(NC(=O)C2(CN)CC2)C1. The molecule has 0 aromatic heterocycles. The fraction of sp³-hybridized carbons (Fsp3) is 0.917. The molecule has 4 heteroatoms. The summed E-state index contributed by atoms with van der Waals surface area (Å²) in [6, 6.07) is 0.338. The van der Waals surface area contributed by atoms with E-state index in [1.54, 1.807) is 0 Å². The fourth-order valence-corrected chi connectivity index (χ4v) is 2.47. The van der Waals surface area contributed by atoms with E-state index >= 15 is 0 Å². The van der Waals surface area contributed by atoms with Crippen LogP contribution in [0.4, 0.5) is 0 Å². The molecule has 1 saturated heterocycles. The number of likely N-dealkylation sites (N-methyl/N-ethyl adjacent to an activating group) is 1. The van der Waals surface area contributed by atoms with Crippen LogP contribution in [0.5, 0.6) is 0 Å². The first-order chi connectivity index (χ1) is 7.70. The second kappa shape index (κ2) is 4.72. The molecule has 92 valence electrons. The Morgan fingerprint density at radius 3 is 2.88 bits per heavy atom. The largest absolute Gasteiger partial charge is 0.352 e. The minimum Gasteiger partial charge on any atom is -0.352 e. The highest BCUT2D eigenvalue weighted by Crippen LogP contribution is 2.44. The van der Waals surface area contributed by atoms with E-state index in [0.717, 1.165) is 32.4 Å². The molecule has 2 aliphatic rings. The molecular weight excluding hydrogens is 202 g/mol. The number of hydrogen-bond acceptors (Lipinski definition) is 3. The molecule has 2 rings (SSSR count). The quantitative estimate of drug-likeness (QED) is 0.725. The normalized spacial score (nSPS) is 28.8. The lowest BCUT2D eigenvalue weighted by Crippen LogP contribution is -2.50. The maximum Gasteiger partial charge on any atom is 0.227 e. The molecule has 1 unspecified atom stereocenters. The van der Waals surface area contributed by atoms with Gasteiger partial charge in [-0.05, 0) is 38.8 Å². The molecule has 1 amide bonds. The third kappa shape index (κ3) is 2.38. The van der Waals surface area contributed by atoms with Crippen LogP contribution in [0.3, 0.4) is 0 Å². The zero-order valence-corrected chi connectivity index (χ0v) is 10.2. The highest BCUT2D eigenvalue weighted by Gasteiger charge is 2.48. The second-order valence-corrected chi connectivity index (χ2v) is 5.19. The summed E-state index contributed by atoms with van der Waals surface area (Å²) in [6.07, 6.45) is 4.25. The summed E-state index contributed by atoms with van der Waals surface area (Å²) in [5.41, 5.74) is 5.46. The summed E-state index contributed by atoms with van der Waals surface area (Å²) in [6.45, 7) is 5.93. The van der Waals surface area contributed by atoms with Gasteiger partial charge in [-0.25, -0.2) is 0 Å². The lowest BCUT2D eigenvalue weighted by Gasteiger charge is -2.33. The minimum atomic E-state index is -0.200. The summed E-state index contributed by atoms with van der Waals surface area (Å²) < 4.78 is 0. The van der Waals surface area contributed by atoms with Gasteiger partial charge >= 0.3 is 0 Å². The molecular formula is C12H23N3O. The van der Waals surface area contributed by atoms with E-state index in [1.807, 2.05) is 0 Å². The molecule has 0 aromatic rings. The van der Waals surface area contributed by atoms with E-state index in [2.05, 4.69) is 17.1 Å². The van der Waals surface area contributed by atoms with Crippen molar-refractivity contribution in [2.75, 3.05) is 26.2 Å². The summed E-state index contributed by atoms with van der Waals surface area (Å²) in [4.78, 5) is 14.4. The van der Waals surface area contributed by atoms with Crippen LogP contribution in [-0.2, 0) is 4.79 Å². The topological polar surface area (TPSA) is 58.4 Å². The zero-order valence-electron chi connectivity index (χ0n) is 10.2. The first kappa shape index (κ1) is 11.9. The van der Waals surface area contributed by atoms with Crippen molar-refractivity contribution in [2.24, 2.45) is 11.1 Å². The average molecular weight is 225 g/mol. The van der Waals surface area contributed by atoms with E-state index < -0.39 is 0 Å². The lowest BCUT2D eigenvalue weighted by atomic mass is 10.0. The Morgan fingerprint density at radius 2 is 2.31 bits per heavy atom. The average Bonchev–Trinajstić information content (AvgIpc) is 3.10. The van der Waals surface area contributed by atoms with Gasteiger partial charge in [0, 0.05) is 19.1 Å². The van der Waals surface area contributed by atoms with Crippen LogP contribution in [0.25, 0.3) is 0 Å². The van der Waals surface area contributed by atoms with E-state index in [1.165, 1.54) is 13.0 Å². The van der Waals surface area contributed by atoms with Crippen molar-refractivity contribution in [3.63, 3.8) is 0 Å². The van der Waals surface area contributed by atoms with Gasteiger partial charge in [0.15, 0.2) is 0 Å². The number of likely N-dealkylation sites (tertiary alicyclic amines) is 1. The number of nitrogens with one attached hydrogen (secondary N) is 1. The molecule has 1 atom stereocenters. The van der Waals surface area contributed by atoms with Crippen LogP contribution in [0, 0.1) is 5.41 Å². The molecule has 1 aliphatic heterocycles. The van der Waals surface area contributed by atoms with E-state index in [4.69, 9.17) is 5.73 Å². The zero-order chi connectivity index (χ0) is 11.6. The fourth-order valence-electron chi connectivity index (χ4n) is 2.47. The maximum atomic E-state index is 12.0. The summed E-state index contributed by atoms with van der Waals surface area (Å²) in [5, 5.41) is 3.18. The Hall–Kier alpha value is -0.610. The number of carbonyl (C=O) groups is 1. The third-order valence-electron chi connectivity index (χ3n) is 4.01. The number of carbonyl (C=O) groups excluding carboxylic acids is 1. The summed E-state index contributed by atoms with van der Waals surface area (Å²) in [7, 11) is 0. The Bertz CT molecular complexity index is 263. The highest BCUT2D eigenvalue weighted by molar-refractivity contribution is 5.85. The lowest BCUT2D eigenvalue weighted by molar-refractivity contribution is -0.127. The molecule has 0 radical (unpaired) electrons. The Labute approximate surface area is 97.6 Å². The molecule has 16 heavy (non-hydrogen) atoms. The van der Waals surface area contributed by atoms with Crippen LogP contribution in [0.15, 0.2) is 0 Å². The van der Waals surface area contributed by atoms with E-state index in [-0.39, 0.29) is 11.3 Å². The van der Waals surface area contributed by atoms with Gasteiger partial charge in [0.2, 0.25) is 5.91 Å². The number of amides is 1. The molecule has 0 bridgehead atoms. The maximum absolute atomic E-state index is 12.0. The summed E-state index contributed by atoms with van der Waals surface area (Å²) in [5.74, 6) is 0.193. The van der Waals surface area contributed by atoms with Gasteiger partial charge in [0.25, 0.3) is 0 Å². The van der Waals surface area contributed by atoms with Crippen LogP contribution in [-0.4, -0.2) is 43.0 Å². The van der Waals surface area contributed by atoms with Crippen molar-refractivity contribution in [1.29, 1.82) is 0 Å². The summed E-state index contributed by atoms with van der Waals surface area (Å²) >= 11 is 0. The molecule has 1 heterocycles. The minimum absolute atomic E-state index is 0.193. The smallest absolute Gasteiger partial charge is 0.227 e. The van der Waals surface area contributed by atoms with Gasteiger partial charge in [0.05, 0.1) is 5.41 Å². The van der Waals surface area contributed by atoms with E-state index in [0.29, 0.717) is 12.6 Å². The number of piperidine rings is 1. The van der Waals surface area contributed by atoms with Crippen molar-refractivity contribution in [3.8, 4) is 0 Å². The number of hydrogen-bond donors (Lipinski definition) is 2. The van der Waals surface area contributed by atoms with Crippen molar-refractivity contribution < 1.29 is 4.79 Å². The third-order valence-corrected chi connectivity index (χ3v) is 4.01. The van der Waals surface area contributed by atoms with Crippen LogP contribution < -0.4 is 11.1 Å². The van der Waals surface area contributed by atoms with E-state index in [9.17, 15) is 4.79 Å². The predicted molar refractivity (Wildman–Crippen MR) is 64.0 cm³/mol.